The lowest BCUT2D eigenvalue weighted by Crippen LogP contribution is -2.76. The molecule has 0 atom stereocenters. The summed E-state index contributed by atoms with van der Waals surface area (Å²) in [6.07, 6.45) is 0. The number of nitrogens with two attached hydrogens (primary N) is 1. The zero-order valence-electron chi connectivity index (χ0n) is 11.6. The fourth-order valence-electron chi connectivity index (χ4n) is 3.48. The molecule has 3 heterocycles. The van der Waals surface area contributed by atoms with Crippen molar-refractivity contribution in [2.75, 3.05) is 65.4 Å². The molecule has 0 aromatic carbocycles. The quantitative estimate of drug-likeness (QED) is 0.622. The van der Waals surface area contributed by atoms with Gasteiger partial charge >= 0.3 is 0 Å². The van der Waals surface area contributed by atoms with Crippen LogP contribution in [0.1, 0.15) is 13.8 Å². The van der Waals surface area contributed by atoms with E-state index in [1.807, 2.05) is 0 Å². The normalized spacial score (nSPS) is 36.7. The molecule has 0 aromatic rings. The maximum Gasteiger partial charge on any atom is 0.129 e. The maximum atomic E-state index is 5.75. The van der Waals surface area contributed by atoms with Gasteiger partial charge in [0, 0.05) is 19.1 Å². The number of nitrogens with one attached hydrogen (secondary N) is 1. The fraction of sp³-hybridized carbons (Fsp3) is 1.00. The largest absolute Gasteiger partial charge is 0.326 e. The highest BCUT2D eigenvalue weighted by Gasteiger charge is 2.47. The highest BCUT2D eigenvalue weighted by molar-refractivity contribution is 4.64. The molecule has 0 spiro atoms. The topological polar surface area (TPSA) is 38.0 Å². The average Bonchev–Trinajstić information content (AvgIpc) is 2.31. The minimum absolute atomic E-state index is 0.620. The molecule has 0 aliphatic carbocycles. The van der Waals surface area contributed by atoms with Crippen LogP contribution in [-0.2, 0) is 0 Å². The summed E-state index contributed by atoms with van der Waals surface area (Å²) in [6, 6.07) is 0.620. The smallest absolute Gasteiger partial charge is 0.129 e. The molecule has 0 radical (unpaired) electrons. The van der Waals surface area contributed by atoms with Crippen molar-refractivity contribution in [3.8, 4) is 0 Å². The Kier molecular flexibility index (Phi) is 4.08. The van der Waals surface area contributed by atoms with E-state index >= 15 is 0 Å². The van der Waals surface area contributed by atoms with Crippen molar-refractivity contribution in [2.24, 2.45) is 5.73 Å². The van der Waals surface area contributed by atoms with Gasteiger partial charge in [0.25, 0.3) is 0 Å². The highest BCUT2D eigenvalue weighted by Crippen LogP contribution is 2.25. The van der Waals surface area contributed by atoms with E-state index in [0.29, 0.717) is 6.04 Å². The first-order chi connectivity index (χ1) is 8.10. The number of piperazine rings is 3. The van der Waals surface area contributed by atoms with Crippen LogP contribution in [0.25, 0.3) is 0 Å². The average molecular weight is 242 g/mol. The summed E-state index contributed by atoms with van der Waals surface area (Å²) in [5, 5.41) is 3.56. The molecule has 4 nitrogen and oxygen atoms in total. The molecule has 3 fully saturated rings. The van der Waals surface area contributed by atoms with Crippen LogP contribution >= 0.6 is 0 Å². The predicted molar refractivity (Wildman–Crippen MR) is 71.6 cm³/mol. The zero-order chi connectivity index (χ0) is 12.4. The van der Waals surface area contributed by atoms with E-state index in [4.69, 9.17) is 5.73 Å². The van der Waals surface area contributed by atoms with Crippen LogP contribution in [0.3, 0.4) is 0 Å². The molecule has 17 heavy (non-hydrogen) atoms. The van der Waals surface area contributed by atoms with Gasteiger partial charge in [-0.25, -0.2) is 0 Å². The highest BCUT2D eigenvalue weighted by atomic mass is 15.5. The van der Waals surface area contributed by atoms with Crippen molar-refractivity contribution < 1.29 is 8.97 Å². The zero-order valence-corrected chi connectivity index (χ0v) is 11.6. The Morgan fingerprint density at radius 1 is 0.941 bits per heavy atom. The van der Waals surface area contributed by atoms with Crippen LogP contribution in [-0.4, -0.2) is 80.5 Å². The first-order valence-corrected chi connectivity index (χ1v) is 7.23. The molecule has 0 saturated carbocycles. The predicted octanol–water partition coefficient (Wildman–Crippen LogP) is -0.396. The summed E-state index contributed by atoms with van der Waals surface area (Å²) in [6.45, 7) is 17.2. The molecule has 100 valence electrons. The van der Waals surface area contributed by atoms with Gasteiger partial charge in [-0.05, 0) is 0 Å². The van der Waals surface area contributed by atoms with Gasteiger partial charge in [0.05, 0.1) is 13.1 Å². The van der Waals surface area contributed by atoms with E-state index in [9.17, 15) is 0 Å². The summed E-state index contributed by atoms with van der Waals surface area (Å²) >= 11 is 0. The van der Waals surface area contributed by atoms with Gasteiger partial charge in [0.15, 0.2) is 0 Å². The first-order valence-electron chi connectivity index (χ1n) is 7.23. The molecule has 0 unspecified atom stereocenters. The van der Waals surface area contributed by atoms with E-state index in [2.05, 4.69) is 19.2 Å². The number of nitrogens with zero attached hydrogens (tertiary/aromatic N) is 2. The third-order valence-corrected chi connectivity index (χ3v) is 4.89. The van der Waals surface area contributed by atoms with E-state index in [-0.39, 0.29) is 0 Å². The molecule has 3 aliphatic heterocycles. The number of quaternary nitrogens is 2. The molecule has 3 saturated heterocycles. The number of fused-ring (bicyclic) bond motifs is 3. The molecule has 3 N–H and O–H groups in total. The molecule has 3 rings (SSSR count). The lowest BCUT2D eigenvalue weighted by Gasteiger charge is -2.55. The van der Waals surface area contributed by atoms with Crippen molar-refractivity contribution in [3.05, 3.63) is 0 Å². The molecule has 4 heteroatoms. The van der Waals surface area contributed by atoms with Crippen molar-refractivity contribution in [2.45, 2.75) is 19.9 Å². The lowest BCUT2D eigenvalue weighted by atomic mass is 10.1. The third-order valence-electron chi connectivity index (χ3n) is 4.89. The van der Waals surface area contributed by atoms with Crippen LogP contribution in [0.5, 0.6) is 0 Å². The Balaban J connectivity index is 1.82. The first kappa shape index (κ1) is 13.3. The lowest BCUT2D eigenvalue weighted by molar-refractivity contribution is -1.08. The van der Waals surface area contributed by atoms with Gasteiger partial charge in [-0.1, -0.05) is 13.8 Å². The molecule has 2 bridgehead atoms. The Bertz CT molecular complexity index is 227. The second kappa shape index (κ2) is 5.22. The second-order valence-corrected chi connectivity index (χ2v) is 6.37. The summed E-state index contributed by atoms with van der Waals surface area (Å²) in [4.78, 5) is 0. The second-order valence-electron chi connectivity index (χ2n) is 6.37. The van der Waals surface area contributed by atoms with Crippen LogP contribution in [0.2, 0.25) is 0 Å². The SMILES string of the molecule is CC(C)NCC[N+]12CC[N+](CCN)(CC1)CC2. The van der Waals surface area contributed by atoms with Crippen LogP contribution < -0.4 is 11.1 Å². The number of hydrogen-bond donors (Lipinski definition) is 2. The fourth-order valence-corrected chi connectivity index (χ4v) is 3.48. The van der Waals surface area contributed by atoms with E-state index in [0.717, 1.165) is 6.54 Å². The Hall–Kier alpha value is -0.160. The van der Waals surface area contributed by atoms with Crippen molar-refractivity contribution in [1.29, 1.82) is 0 Å². The van der Waals surface area contributed by atoms with Gasteiger partial charge in [0.2, 0.25) is 0 Å². The van der Waals surface area contributed by atoms with Crippen molar-refractivity contribution in [1.82, 2.24) is 5.32 Å². The van der Waals surface area contributed by atoms with E-state index < -0.39 is 0 Å². The molecular formula is C13H30N4+2. The van der Waals surface area contributed by atoms with Crippen molar-refractivity contribution >= 4 is 0 Å². The van der Waals surface area contributed by atoms with Gasteiger partial charge in [0.1, 0.15) is 39.3 Å². The summed E-state index contributed by atoms with van der Waals surface area (Å²) in [5.74, 6) is 0. The molecule has 0 amide bonds. The molecule has 3 aliphatic rings. The van der Waals surface area contributed by atoms with E-state index in [1.54, 1.807) is 0 Å². The van der Waals surface area contributed by atoms with Gasteiger partial charge < -0.3 is 20.0 Å². The summed E-state index contributed by atoms with van der Waals surface area (Å²) in [7, 11) is 0. The number of rotatable bonds is 6. The Morgan fingerprint density at radius 3 is 1.82 bits per heavy atom. The number of hydrogen-bond acceptors (Lipinski definition) is 2. The molecular weight excluding hydrogens is 212 g/mol. The van der Waals surface area contributed by atoms with Crippen molar-refractivity contribution in [3.63, 3.8) is 0 Å². The minimum Gasteiger partial charge on any atom is -0.326 e. The van der Waals surface area contributed by atoms with Gasteiger partial charge in [-0.2, -0.15) is 0 Å². The Morgan fingerprint density at radius 2 is 1.41 bits per heavy atom. The summed E-state index contributed by atoms with van der Waals surface area (Å²) < 4.78 is 2.68. The maximum absolute atomic E-state index is 5.75. The van der Waals surface area contributed by atoms with Gasteiger partial charge in [-0.15, -0.1) is 0 Å². The summed E-state index contributed by atoms with van der Waals surface area (Å²) in [5.41, 5.74) is 5.75. The van der Waals surface area contributed by atoms with Gasteiger partial charge in [-0.3, -0.25) is 0 Å². The Labute approximate surface area is 106 Å². The van der Waals surface area contributed by atoms with Crippen LogP contribution in [0, 0.1) is 0 Å². The van der Waals surface area contributed by atoms with Crippen LogP contribution in [0.15, 0.2) is 0 Å². The monoisotopic (exact) mass is 242 g/mol. The molecule has 0 aromatic heterocycles. The van der Waals surface area contributed by atoms with E-state index in [1.165, 1.54) is 67.9 Å². The standard InChI is InChI=1S/C13H30N4/c1-13(2)15-4-6-17-10-7-16(5-3-14,8-11-17)9-12-17/h13,15H,3-12,14H2,1-2H3/q+2. The van der Waals surface area contributed by atoms with Crippen LogP contribution in [0.4, 0.5) is 0 Å². The minimum atomic E-state index is 0.620. The third kappa shape index (κ3) is 2.99.